The summed E-state index contributed by atoms with van der Waals surface area (Å²) in [7, 11) is 1.15. The number of hydrogen-bond acceptors (Lipinski definition) is 9. The minimum atomic E-state index is -1.04. The predicted molar refractivity (Wildman–Crippen MR) is 134 cm³/mol. The molecule has 0 aliphatic rings. The largest absolute Gasteiger partial charge is 0.453 e. The molecule has 3 aromatic rings. The molecular formula is C25H30N6O6. The molecule has 1 aromatic carbocycles. The van der Waals surface area contributed by atoms with Crippen molar-refractivity contribution in [3.63, 3.8) is 0 Å². The molecule has 0 unspecified atom stereocenters. The van der Waals surface area contributed by atoms with Crippen molar-refractivity contribution >= 4 is 23.5 Å². The van der Waals surface area contributed by atoms with E-state index in [4.69, 9.17) is 4.52 Å². The number of hydrogen-bond donors (Lipinski definition) is 3. The van der Waals surface area contributed by atoms with Gasteiger partial charge in [0.05, 0.1) is 19.2 Å². The molecule has 3 rings (SSSR count). The highest BCUT2D eigenvalue weighted by molar-refractivity contribution is 5.99. The fraction of sp³-hybridized carbons (Fsp3) is 0.400. The van der Waals surface area contributed by atoms with Crippen LogP contribution in [0, 0.1) is 5.41 Å². The Kier molecular flexibility index (Phi) is 7.90. The average molecular weight is 511 g/mol. The highest BCUT2D eigenvalue weighted by atomic mass is 16.5. The Morgan fingerprint density at radius 3 is 2.38 bits per heavy atom. The lowest BCUT2D eigenvalue weighted by molar-refractivity contribution is -0.120. The summed E-state index contributed by atoms with van der Waals surface area (Å²) in [5.41, 5.74) is -1.62. The van der Waals surface area contributed by atoms with Crippen LogP contribution in [-0.2, 0) is 21.4 Å². The van der Waals surface area contributed by atoms with Crippen LogP contribution in [0.2, 0.25) is 0 Å². The first-order chi connectivity index (χ1) is 17.3. The van der Waals surface area contributed by atoms with E-state index in [2.05, 4.69) is 35.7 Å². The van der Waals surface area contributed by atoms with E-state index in [0.717, 1.165) is 7.11 Å². The zero-order valence-electron chi connectivity index (χ0n) is 21.6. The van der Waals surface area contributed by atoms with Gasteiger partial charge in [-0.1, -0.05) is 65.0 Å². The molecule has 196 valence electrons. The number of nitrogens with one attached hydrogen (secondary N) is 3. The number of aromatic nitrogens is 4. The number of H-pyrrole nitrogens is 1. The van der Waals surface area contributed by atoms with Crippen molar-refractivity contribution in [3.8, 4) is 11.4 Å². The van der Waals surface area contributed by atoms with Gasteiger partial charge in [-0.2, -0.15) is 0 Å². The monoisotopic (exact) mass is 510 g/mol. The van der Waals surface area contributed by atoms with Gasteiger partial charge >= 0.3 is 6.09 Å². The maximum atomic E-state index is 13.2. The second kappa shape index (κ2) is 10.7. The lowest BCUT2D eigenvalue weighted by Crippen LogP contribution is -2.40. The van der Waals surface area contributed by atoms with Crippen LogP contribution in [0.25, 0.3) is 11.4 Å². The van der Waals surface area contributed by atoms with Gasteiger partial charge < -0.3 is 19.6 Å². The third kappa shape index (κ3) is 6.46. The average Bonchev–Trinajstić information content (AvgIpc) is 3.35. The van der Waals surface area contributed by atoms with Gasteiger partial charge in [0.15, 0.2) is 17.2 Å². The number of Topliss-reactive ketones (excluding diaryl/α,β-unsaturated/α-hetero) is 1. The number of carbonyl (C=O) groups is 3. The second-order valence-corrected chi connectivity index (χ2v) is 10.1. The third-order valence-electron chi connectivity index (χ3n) is 5.51. The van der Waals surface area contributed by atoms with E-state index in [1.54, 1.807) is 38.1 Å². The van der Waals surface area contributed by atoms with Crippen LogP contribution in [0.1, 0.15) is 56.6 Å². The van der Waals surface area contributed by atoms with Crippen LogP contribution in [0.5, 0.6) is 0 Å². The predicted octanol–water partition coefficient (Wildman–Crippen LogP) is 2.86. The van der Waals surface area contributed by atoms with E-state index >= 15 is 0 Å². The molecule has 12 nitrogen and oxygen atoms in total. The molecule has 3 N–H and O–H groups in total. The molecule has 0 aliphatic carbocycles. The summed E-state index contributed by atoms with van der Waals surface area (Å²) in [4.78, 5) is 57.6. The highest BCUT2D eigenvalue weighted by Crippen LogP contribution is 2.29. The summed E-state index contributed by atoms with van der Waals surface area (Å²) in [5.74, 6) is -0.267. The number of nitrogens with zero attached hydrogens (tertiary/aromatic N) is 3. The third-order valence-corrected chi connectivity index (χ3v) is 5.51. The molecule has 0 saturated carbocycles. The Morgan fingerprint density at radius 2 is 1.76 bits per heavy atom. The standard InChI is InChI=1S/C25H30N6O6/c1-24(2,3)20-18(30-31-37-20)19(33)25(4,5)13-26-16(32)12-15-17(28-23(35)36-6)22(34)29-21(27-15)14-10-8-7-9-11-14/h7-11H,12-13H2,1-6H3,(H,26,32)(H,28,35)(H,27,29,34). The minimum Gasteiger partial charge on any atom is -0.453 e. The number of methoxy groups -OCH3 is 1. The summed E-state index contributed by atoms with van der Waals surface area (Å²) in [6.07, 6.45) is -1.23. The van der Waals surface area contributed by atoms with Gasteiger partial charge in [-0.3, -0.25) is 19.7 Å². The van der Waals surface area contributed by atoms with Crippen LogP contribution < -0.4 is 16.2 Å². The SMILES string of the molecule is COC(=O)Nc1c(CC(=O)NCC(C)(C)C(=O)c2nnoc2C(C)(C)C)nc(-c2ccccc2)[nH]c1=O. The molecule has 0 bridgehead atoms. The van der Waals surface area contributed by atoms with Crippen molar-refractivity contribution in [1.29, 1.82) is 0 Å². The quantitative estimate of drug-likeness (QED) is 0.386. The van der Waals surface area contributed by atoms with Crippen LogP contribution >= 0.6 is 0 Å². The number of rotatable bonds is 8. The Balaban J connectivity index is 1.82. The topological polar surface area (TPSA) is 169 Å². The molecule has 0 spiro atoms. The second-order valence-electron chi connectivity index (χ2n) is 10.1. The van der Waals surface area contributed by atoms with E-state index in [-0.39, 0.29) is 41.6 Å². The molecule has 0 atom stereocenters. The molecule has 12 heteroatoms. The van der Waals surface area contributed by atoms with Crippen molar-refractivity contribution < 1.29 is 23.6 Å². The Labute approximate surface area is 213 Å². The molecular weight excluding hydrogens is 480 g/mol. The molecule has 37 heavy (non-hydrogen) atoms. The summed E-state index contributed by atoms with van der Waals surface area (Å²) in [6.45, 7) is 8.92. The smallest absolute Gasteiger partial charge is 0.411 e. The van der Waals surface area contributed by atoms with Crippen molar-refractivity contribution in [3.05, 3.63) is 57.8 Å². The van der Waals surface area contributed by atoms with Crippen LogP contribution in [0.4, 0.5) is 10.5 Å². The minimum absolute atomic E-state index is 0.0321. The maximum absolute atomic E-state index is 13.2. The number of ketones is 1. The van der Waals surface area contributed by atoms with Gasteiger partial charge in [-0.25, -0.2) is 9.78 Å². The Hall–Kier alpha value is -4.35. The first kappa shape index (κ1) is 27.2. The lowest BCUT2D eigenvalue weighted by atomic mass is 9.82. The molecule has 0 saturated heterocycles. The summed E-state index contributed by atoms with van der Waals surface area (Å²) < 4.78 is 9.79. The number of amides is 2. The summed E-state index contributed by atoms with van der Waals surface area (Å²) in [5, 5.41) is 12.4. The van der Waals surface area contributed by atoms with E-state index in [9.17, 15) is 19.2 Å². The number of benzene rings is 1. The van der Waals surface area contributed by atoms with Crippen LogP contribution in [0.3, 0.4) is 0 Å². The van der Waals surface area contributed by atoms with Crippen LogP contribution in [0.15, 0.2) is 39.6 Å². The van der Waals surface area contributed by atoms with Crippen molar-refractivity contribution in [2.45, 2.75) is 46.5 Å². The highest BCUT2D eigenvalue weighted by Gasteiger charge is 2.37. The normalized spacial score (nSPS) is 11.6. The first-order valence-corrected chi connectivity index (χ1v) is 11.5. The lowest BCUT2D eigenvalue weighted by Gasteiger charge is -2.24. The van der Waals surface area contributed by atoms with E-state index in [1.807, 2.05) is 26.8 Å². The Bertz CT molecular complexity index is 1350. The number of carbonyl (C=O) groups excluding carboxylic acids is 3. The van der Waals surface area contributed by atoms with E-state index in [0.29, 0.717) is 11.3 Å². The fourth-order valence-corrected chi connectivity index (χ4v) is 3.43. The Morgan fingerprint density at radius 1 is 1.08 bits per heavy atom. The number of ether oxygens (including phenoxy) is 1. The van der Waals surface area contributed by atoms with E-state index in [1.165, 1.54) is 0 Å². The molecule has 0 fully saturated rings. The van der Waals surface area contributed by atoms with Crippen molar-refractivity contribution in [2.75, 3.05) is 19.0 Å². The van der Waals surface area contributed by atoms with Gasteiger partial charge in [0.1, 0.15) is 11.5 Å². The van der Waals surface area contributed by atoms with Gasteiger partial charge in [-0.15, -0.1) is 5.10 Å². The summed E-state index contributed by atoms with van der Waals surface area (Å²) >= 11 is 0. The van der Waals surface area contributed by atoms with Gasteiger partial charge in [0, 0.05) is 28.2 Å². The van der Waals surface area contributed by atoms with Crippen molar-refractivity contribution in [1.82, 2.24) is 25.7 Å². The fourth-order valence-electron chi connectivity index (χ4n) is 3.43. The molecule has 0 aliphatic heterocycles. The van der Waals surface area contributed by atoms with E-state index < -0.39 is 28.4 Å². The van der Waals surface area contributed by atoms with Gasteiger partial charge in [0.25, 0.3) is 5.56 Å². The zero-order valence-corrected chi connectivity index (χ0v) is 21.6. The van der Waals surface area contributed by atoms with Gasteiger partial charge in [0.2, 0.25) is 5.91 Å². The van der Waals surface area contributed by atoms with Crippen molar-refractivity contribution in [2.24, 2.45) is 5.41 Å². The molecule has 2 amide bonds. The van der Waals surface area contributed by atoms with Crippen LogP contribution in [-0.4, -0.2) is 51.8 Å². The number of anilines is 1. The first-order valence-electron chi connectivity index (χ1n) is 11.5. The zero-order chi connectivity index (χ0) is 27.4. The molecule has 0 radical (unpaired) electrons. The maximum Gasteiger partial charge on any atom is 0.411 e. The molecule has 2 aromatic heterocycles. The van der Waals surface area contributed by atoms with Gasteiger partial charge in [-0.05, 0) is 0 Å². The summed E-state index contributed by atoms with van der Waals surface area (Å²) in [6, 6.07) is 8.85. The number of aromatic amines is 1. The molecule has 2 heterocycles.